The van der Waals surface area contributed by atoms with Crippen LogP contribution in [0.1, 0.15) is 17.3 Å². The summed E-state index contributed by atoms with van der Waals surface area (Å²) in [5.41, 5.74) is 5.78. The van der Waals surface area contributed by atoms with Crippen molar-refractivity contribution in [1.29, 1.82) is 0 Å². The molecule has 1 heterocycles. The summed E-state index contributed by atoms with van der Waals surface area (Å²) in [7, 11) is 0. The van der Waals surface area contributed by atoms with E-state index < -0.39 is 0 Å². The van der Waals surface area contributed by atoms with Gasteiger partial charge in [-0.25, -0.2) is 10.1 Å². The number of hydrogen-bond donors (Lipinski definition) is 2. The third-order valence-corrected chi connectivity index (χ3v) is 3.89. The molecule has 3 aromatic rings. The maximum absolute atomic E-state index is 5.77. The number of benzene rings is 2. The Kier molecular flexibility index (Phi) is 4.28. The van der Waals surface area contributed by atoms with Crippen molar-refractivity contribution in [2.24, 2.45) is 5.84 Å². The highest BCUT2D eigenvalue weighted by atomic mass is 127. The van der Waals surface area contributed by atoms with Crippen LogP contribution in [0.15, 0.2) is 60.8 Å². The van der Waals surface area contributed by atoms with Crippen LogP contribution in [0.3, 0.4) is 0 Å². The molecule has 1 unspecified atom stereocenters. The molecule has 0 saturated heterocycles. The van der Waals surface area contributed by atoms with Crippen molar-refractivity contribution in [3.05, 3.63) is 75.6 Å². The Balaban J connectivity index is 2.05. The molecule has 106 valence electrons. The van der Waals surface area contributed by atoms with Gasteiger partial charge in [0, 0.05) is 3.57 Å². The molecule has 0 aliphatic rings. The van der Waals surface area contributed by atoms with E-state index in [1.807, 2.05) is 48.5 Å². The molecule has 21 heavy (non-hydrogen) atoms. The Morgan fingerprint density at radius 3 is 2.62 bits per heavy atom. The van der Waals surface area contributed by atoms with E-state index >= 15 is 0 Å². The van der Waals surface area contributed by atoms with Gasteiger partial charge >= 0.3 is 0 Å². The van der Waals surface area contributed by atoms with Gasteiger partial charge < -0.3 is 0 Å². The molecule has 5 nitrogen and oxygen atoms in total. The average molecular weight is 391 g/mol. The van der Waals surface area contributed by atoms with Crippen LogP contribution in [0, 0.1) is 3.57 Å². The normalized spacial score (nSPS) is 12.3. The van der Waals surface area contributed by atoms with Crippen molar-refractivity contribution in [2.75, 3.05) is 0 Å². The van der Waals surface area contributed by atoms with Gasteiger partial charge in [0.05, 0.1) is 23.6 Å². The standard InChI is InChI=1S/C15H14IN5/c16-12-6-4-5-11(9-12)15(19-17)14-10-18-20-21(14)13-7-2-1-3-8-13/h1-10,15,19H,17H2. The number of para-hydroxylation sites is 1. The largest absolute Gasteiger partial charge is 0.271 e. The maximum Gasteiger partial charge on any atom is 0.0899 e. The number of aromatic nitrogens is 3. The van der Waals surface area contributed by atoms with E-state index in [0.29, 0.717) is 0 Å². The highest BCUT2D eigenvalue weighted by Gasteiger charge is 2.19. The Bertz CT molecular complexity index is 726. The molecule has 0 aliphatic carbocycles. The predicted octanol–water partition coefficient (Wildman–Crippen LogP) is 2.42. The quantitative estimate of drug-likeness (QED) is 0.407. The molecule has 0 fully saturated rings. The van der Waals surface area contributed by atoms with E-state index in [9.17, 15) is 0 Å². The van der Waals surface area contributed by atoms with Crippen LogP contribution in [-0.4, -0.2) is 15.0 Å². The van der Waals surface area contributed by atoms with Crippen molar-refractivity contribution in [2.45, 2.75) is 6.04 Å². The summed E-state index contributed by atoms with van der Waals surface area (Å²) in [4.78, 5) is 0. The van der Waals surface area contributed by atoms with E-state index in [4.69, 9.17) is 5.84 Å². The number of rotatable bonds is 4. The van der Waals surface area contributed by atoms with Crippen LogP contribution >= 0.6 is 22.6 Å². The van der Waals surface area contributed by atoms with Crippen molar-refractivity contribution in [3.8, 4) is 5.69 Å². The molecule has 2 aromatic carbocycles. The second-order valence-corrected chi connectivity index (χ2v) is 5.81. The summed E-state index contributed by atoms with van der Waals surface area (Å²) in [5.74, 6) is 5.77. The zero-order valence-corrected chi connectivity index (χ0v) is 13.3. The molecule has 6 heteroatoms. The van der Waals surface area contributed by atoms with E-state index in [0.717, 1.165) is 20.5 Å². The lowest BCUT2D eigenvalue weighted by Gasteiger charge is -2.17. The fourth-order valence-electron chi connectivity index (χ4n) is 2.25. The van der Waals surface area contributed by atoms with Crippen molar-refractivity contribution < 1.29 is 0 Å². The van der Waals surface area contributed by atoms with Gasteiger partial charge in [-0.1, -0.05) is 35.5 Å². The second kappa shape index (κ2) is 6.33. The Labute approximate surface area is 136 Å². The first-order valence-electron chi connectivity index (χ1n) is 6.47. The maximum atomic E-state index is 5.77. The van der Waals surface area contributed by atoms with Gasteiger partial charge in [0.25, 0.3) is 0 Å². The van der Waals surface area contributed by atoms with Crippen molar-refractivity contribution in [3.63, 3.8) is 0 Å². The topological polar surface area (TPSA) is 68.8 Å². The first-order chi connectivity index (χ1) is 10.3. The van der Waals surface area contributed by atoms with Crippen LogP contribution in [0.5, 0.6) is 0 Å². The minimum absolute atomic E-state index is 0.171. The summed E-state index contributed by atoms with van der Waals surface area (Å²) >= 11 is 2.29. The minimum atomic E-state index is -0.171. The number of nitrogens with zero attached hydrogens (tertiary/aromatic N) is 3. The molecule has 3 N–H and O–H groups in total. The zero-order valence-electron chi connectivity index (χ0n) is 11.1. The zero-order chi connectivity index (χ0) is 14.7. The summed E-state index contributed by atoms with van der Waals surface area (Å²) in [6.07, 6.45) is 1.73. The lowest BCUT2D eigenvalue weighted by molar-refractivity contribution is 0.595. The molecule has 0 aliphatic heterocycles. The van der Waals surface area contributed by atoms with E-state index in [1.165, 1.54) is 0 Å². The molecule has 1 aromatic heterocycles. The monoisotopic (exact) mass is 391 g/mol. The smallest absolute Gasteiger partial charge is 0.0899 e. The van der Waals surface area contributed by atoms with Gasteiger partial charge in [-0.2, -0.15) is 0 Å². The summed E-state index contributed by atoms with van der Waals surface area (Å²) in [5, 5.41) is 8.20. The number of nitrogens with two attached hydrogens (primary N) is 1. The summed E-state index contributed by atoms with van der Waals surface area (Å²) in [6, 6.07) is 17.9. The third-order valence-electron chi connectivity index (χ3n) is 3.22. The Morgan fingerprint density at radius 1 is 1.10 bits per heavy atom. The minimum Gasteiger partial charge on any atom is -0.271 e. The lowest BCUT2D eigenvalue weighted by atomic mass is 10.0. The number of halogens is 1. The van der Waals surface area contributed by atoms with Crippen LogP contribution < -0.4 is 11.3 Å². The number of hydrazine groups is 1. The molecular weight excluding hydrogens is 377 g/mol. The SMILES string of the molecule is NNC(c1cccc(I)c1)c1cnnn1-c1ccccc1. The van der Waals surface area contributed by atoms with Gasteiger partial charge in [0.15, 0.2) is 0 Å². The molecule has 1 atom stereocenters. The molecule has 3 rings (SSSR count). The molecule has 0 amide bonds. The third kappa shape index (κ3) is 2.97. The Morgan fingerprint density at radius 2 is 1.90 bits per heavy atom. The molecule has 0 bridgehead atoms. The second-order valence-electron chi connectivity index (χ2n) is 4.56. The van der Waals surface area contributed by atoms with Gasteiger partial charge in [-0.05, 0) is 52.4 Å². The lowest BCUT2D eigenvalue weighted by Crippen LogP contribution is -2.30. The van der Waals surface area contributed by atoms with Crippen LogP contribution in [0.4, 0.5) is 0 Å². The predicted molar refractivity (Wildman–Crippen MR) is 89.7 cm³/mol. The van der Waals surface area contributed by atoms with Crippen LogP contribution in [-0.2, 0) is 0 Å². The van der Waals surface area contributed by atoms with E-state index in [-0.39, 0.29) is 6.04 Å². The van der Waals surface area contributed by atoms with Gasteiger partial charge in [0.2, 0.25) is 0 Å². The number of hydrogen-bond acceptors (Lipinski definition) is 4. The number of nitrogens with one attached hydrogen (secondary N) is 1. The van der Waals surface area contributed by atoms with E-state index in [2.05, 4.69) is 44.4 Å². The first kappa shape index (κ1) is 14.2. The first-order valence-corrected chi connectivity index (χ1v) is 7.55. The van der Waals surface area contributed by atoms with Gasteiger partial charge in [0.1, 0.15) is 0 Å². The van der Waals surface area contributed by atoms with Crippen molar-refractivity contribution in [1.82, 2.24) is 20.4 Å². The summed E-state index contributed by atoms with van der Waals surface area (Å²) in [6.45, 7) is 0. The molecular formula is C15H14IN5. The highest BCUT2D eigenvalue weighted by molar-refractivity contribution is 14.1. The molecule has 0 saturated carbocycles. The van der Waals surface area contributed by atoms with Gasteiger partial charge in [-0.15, -0.1) is 5.10 Å². The van der Waals surface area contributed by atoms with E-state index in [1.54, 1.807) is 10.9 Å². The fraction of sp³-hybridized carbons (Fsp3) is 0.0667. The average Bonchev–Trinajstić information content (AvgIpc) is 2.98. The van der Waals surface area contributed by atoms with Gasteiger partial charge in [-0.3, -0.25) is 5.84 Å². The Hall–Kier alpha value is -1.77. The fourth-order valence-corrected chi connectivity index (χ4v) is 2.82. The summed E-state index contributed by atoms with van der Waals surface area (Å²) < 4.78 is 2.95. The molecule has 0 radical (unpaired) electrons. The van der Waals surface area contributed by atoms with Crippen molar-refractivity contribution >= 4 is 22.6 Å². The van der Waals surface area contributed by atoms with Crippen LogP contribution in [0.2, 0.25) is 0 Å². The highest BCUT2D eigenvalue weighted by Crippen LogP contribution is 2.23. The van der Waals surface area contributed by atoms with Crippen LogP contribution in [0.25, 0.3) is 5.69 Å². The molecule has 0 spiro atoms.